The van der Waals surface area contributed by atoms with Crippen molar-refractivity contribution in [3.63, 3.8) is 0 Å². The van der Waals surface area contributed by atoms with Gasteiger partial charge in [-0.25, -0.2) is 9.80 Å². The van der Waals surface area contributed by atoms with Gasteiger partial charge in [0.15, 0.2) is 0 Å². The highest BCUT2D eigenvalue weighted by atomic mass is 35.5. The SMILES string of the molecule is O=C1c2ccc3c4c(ccc(c24)C(=O)N1c1cc(Cl)ccc1Cl)C(=O)N(c1cc(Cl)ccc1Cl)C3=O. The number of hydrogen-bond donors (Lipinski definition) is 0. The van der Waals surface area contributed by atoms with Crippen molar-refractivity contribution in [3.05, 3.63) is 103 Å². The molecular weight excluding hydrogens is 546 g/mol. The normalized spacial score (nSPS) is 14.8. The summed E-state index contributed by atoms with van der Waals surface area (Å²) in [7, 11) is 0. The Bertz CT molecular complexity index is 1540. The molecule has 0 radical (unpaired) electrons. The highest BCUT2D eigenvalue weighted by Gasteiger charge is 2.41. The molecule has 4 aromatic carbocycles. The Balaban J connectivity index is 1.58. The topological polar surface area (TPSA) is 74.8 Å². The van der Waals surface area contributed by atoms with Crippen LogP contribution in [0, 0.1) is 0 Å². The van der Waals surface area contributed by atoms with Crippen LogP contribution in [0.1, 0.15) is 41.4 Å². The average Bonchev–Trinajstić information content (AvgIpc) is 2.85. The van der Waals surface area contributed by atoms with E-state index in [9.17, 15) is 19.2 Å². The lowest BCUT2D eigenvalue weighted by atomic mass is 9.85. The Morgan fingerprint density at radius 2 is 0.750 bits per heavy atom. The second-order valence-corrected chi connectivity index (χ2v) is 9.84. The number of amides is 4. The maximum absolute atomic E-state index is 13.5. The molecule has 0 N–H and O–H groups in total. The fourth-order valence-electron chi connectivity index (χ4n) is 4.63. The molecule has 4 aromatic rings. The Hall–Kier alpha value is -3.42. The molecule has 0 aromatic heterocycles. The van der Waals surface area contributed by atoms with Gasteiger partial charge in [0.1, 0.15) is 0 Å². The first-order chi connectivity index (χ1) is 17.2. The molecule has 0 atom stereocenters. The zero-order valence-corrected chi connectivity index (χ0v) is 20.8. The van der Waals surface area contributed by atoms with E-state index in [1.807, 2.05) is 0 Å². The number of carbonyl (C=O) groups is 4. The maximum Gasteiger partial charge on any atom is 0.266 e. The fraction of sp³-hybridized carbons (Fsp3) is 0. The van der Waals surface area contributed by atoms with E-state index in [0.29, 0.717) is 10.0 Å². The molecule has 4 amide bonds. The van der Waals surface area contributed by atoms with Gasteiger partial charge < -0.3 is 0 Å². The lowest BCUT2D eigenvalue weighted by Crippen LogP contribution is -2.43. The molecule has 0 saturated heterocycles. The molecule has 6 nitrogen and oxygen atoms in total. The molecular formula is C26H10Cl4N2O4. The van der Waals surface area contributed by atoms with Gasteiger partial charge in [-0.3, -0.25) is 19.2 Å². The van der Waals surface area contributed by atoms with E-state index in [4.69, 9.17) is 46.4 Å². The number of nitrogens with zero attached hydrogens (tertiary/aromatic N) is 2. The van der Waals surface area contributed by atoms with Crippen LogP contribution in [0.3, 0.4) is 0 Å². The predicted octanol–water partition coefficient (Wildman–Crippen LogP) is 7.05. The van der Waals surface area contributed by atoms with Crippen LogP contribution in [0.5, 0.6) is 0 Å². The molecule has 0 spiro atoms. The molecule has 6 rings (SSSR count). The molecule has 0 fully saturated rings. The summed E-state index contributed by atoms with van der Waals surface area (Å²) in [5.74, 6) is -2.61. The molecule has 36 heavy (non-hydrogen) atoms. The Labute approximate surface area is 223 Å². The van der Waals surface area contributed by atoms with Crippen LogP contribution in [-0.4, -0.2) is 23.6 Å². The highest BCUT2D eigenvalue weighted by Crippen LogP contribution is 2.42. The van der Waals surface area contributed by atoms with E-state index in [0.717, 1.165) is 9.80 Å². The first-order valence-electron chi connectivity index (χ1n) is 10.5. The van der Waals surface area contributed by atoms with E-state index < -0.39 is 23.6 Å². The molecule has 2 heterocycles. The third kappa shape index (κ3) is 3.12. The highest BCUT2D eigenvalue weighted by molar-refractivity contribution is 6.45. The number of anilines is 2. The maximum atomic E-state index is 13.5. The summed E-state index contributed by atoms with van der Waals surface area (Å²) in [5, 5.41) is 1.37. The first-order valence-corrected chi connectivity index (χ1v) is 12.0. The minimum atomic E-state index is -0.652. The van der Waals surface area contributed by atoms with Gasteiger partial charge in [-0.1, -0.05) is 46.4 Å². The second-order valence-electron chi connectivity index (χ2n) is 8.15. The smallest absolute Gasteiger partial charge is 0.266 e. The minimum Gasteiger partial charge on any atom is -0.268 e. The summed E-state index contributed by atoms with van der Waals surface area (Å²) in [6.45, 7) is 0. The summed E-state index contributed by atoms with van der Waals surface area (Å²) in [5.41, 5.74) is 0.860. The van der Waals surface area contributed by atoms with Crippen LogP contribution in [0.25, 0.3) is 10.8 Å². The van der Waals surface area contributed by atoms with Gasteiger partial charge in [0, 0.05) is 43.1 Å². The molecule has 0 bridgehead atoms. The molecule has 10 heteroatoms. The number of hydrogen-bond acceptors (Lipinski definition) is 4. The zero-order valence-electron chi connectivity index (χ0n) is 17.8. The van der Waals surface area contributed by atoms with Crippen molar-refractivity contribution in [1.82, 2.24) is 0 Å². The Morgan fingerprint density at radius 3 is 1.06 bits per heavy atom. The first kappa shape index (κ1) is 23.0. The molecule has 0 saturated carbocycles. The van der Waals surface area contributed by atoms with E-state index in [1.165, 1.54) is 48.5 Å². The monoisotopic (exact) mass is 554 g/mol. The van der Waals surface area contributed by atoms with Crippen molar-refractivity contribution >= 4 is 92.2 Å². The van der Waals surface area contributed by atoms with Crippen molar-refractivity contribution in [1.29, 1.82) is 0 Å². The number of carbonyl (C=O) groups excluding carboxylic acids is 4. The zero-order chi connectivity index (χ0) is 25.5. The lowest BCUT2D eigenvalue weighted by Gasteiger charge is -2.32. The largest absolute Gasteiger partial charge is 0.268 e. The van der Waals surface area contributed by atoms with Crippen molar-refractivity contribution in [3.8, 4) is 0 Å². The van der Waals surface area contributed by atoms with Crippen molar-refractivity contribution < 1.29 is 19.2 Å². The quantitative estimate of drug-likeness (QED) is 0.248. The standard InChI is InChI=1S/C26H10Cl4N2O4/c27-11-1-7-17(29)19(9-11)31-23(33)13-3-5-15-22-16(6-4-14(21(13)22)24(31)34)26(36)32(25(15)35)20-10-12(28)2-8-18(20)30/h1-10H. The van der Waals surface area contributed by atoms with Crippen molar-refractivity contribution in [2.75, 3.05) is 9.80 Å². The van der Waals surface area contributed by atoms with Crippen LogP contribution in [0.2, 0.25) is 20.1 Å². The Kier molecular flexibility index (Phi) is 5.14. The van der Waals surface area contributed by atoms with E-state index in [-0.39, 0.29) is 54.4 Å². The van der Waals surface area contributed by atoms with E-state index in [1.54, 1.807) is 12.1 Å². The van der Waals surface area contributed by atoms with Gasteiger partial charge in [-0.15, -0.1) is 0 Å². The van der Waals surface area contributed by atoms with Gasteiger partial charge in [-0.05, 0) is 60.7 Å². The molecule has 2 aliphatic heterocycles. The van der Waals surface area contributed by atoms with Crippen LogP contribution in [-0.2, 0) is 0 Å². The summed E-state index contributed by atoms with van der Waals surface area (Å²) in [6.07, 6.45) is 0. The lowest BCUT2D eigenvalue weighted by molar-refractivity contribution is 0.0873. The molecule has 0 aliphatic carbocycles. The third-order valence-electron chi connectivity index (χ3n) is 6.19. The second kappa shape index (κ2) is 8.05. The third-order valence-corrected chi connectivity index (χ3v) is 7.30. The van der Waals surface area contributed by atoms with Crippen molar-refractivity contribution in [2.24, 2.45) is 0 Å². The number of benzene rings is 4. The predicted molar refractivity (Wildman–Crippen MR) is 139 cm³/mol. The molecule has 2 aliphatic rings. The van der Waals surface area contributed by atoms with E-state index >= 15 is 0 Å². The van der Waals surface area contributed by atoms with Crippen LogP contribution >= 0.6 is 46.4 Å². The van der Waals surface area contributed by atoms with Gasteiger partial charge >= 0.3 is 0 Å². The van der Waals surface area contributed by atoms with E-state index in [2.05, 4.69) is 0 Å². The van der Waals surface area contributed by atoms with Crippen LogP contribution in [0.15, 0.2) is 60.7 Å². The average molecular weight is 556 g/mol. The Morgan fingerprint density at radius 1 is 0.444 bits per heavy atom. The number of halogens is 4. The summed E-state index contributed by atoms with van der Waals surface area (Å²) in [4.78, 5) is 56.0. The summed E-state index contributed by atoms with van der Waals surface area (Å²) < 4.78 is 0. The fourth-order valence-corrected chi connectivity index (χ4v) is 5.36. The molecule has 176 valence electrons. The number of rotatable bonds is 2. The minimum absolute atomic E-state index is 0.132. The van der Waals surface area contributed by atoms with Gasteiger partial charge in [0.05, 0.1) is 21.4 Å². The van der Waals surface area contributed by atoms with Gasteiger partial charge in [0.2, 0.25) is 0 Å². The number of imide groups is 2. The van der Waals surface area contributed by atoms with Crippen LogP contribution < -0.4 is 9.80 Å². The summed E-state index contributed by atoms with van der Waals surface area (Å²) in [6, 6.07) is 14.7. The molecule has 0 unspecified atom stereocenters. The van der Waals surface area contributed by atoms with Crippen molar-refractivity contribution in [2.45, 2.75) is 0 Å². The summed E-state index contributed by atoms with van der Waals surface area (Å²) >= 11 is 24.8. The van der Waals surface area contributed by atoms with Gasteiger partial charge in [0.25, 0.3) is 23.6 Å². The van der Waals surface area contributed by atoms with Gasteiger partial charge in [-0.2, -0.15) is 0 Å². The van der Waals surface area contributed by atoms with Crippen LogP contribution in [0.4, 0.5) is 11.4 Å².